The highest BCUT2D eigenvalue weighted by atomic mass is 35.5. The van der Waals surface area contributed by atoms with Crippen molar-refractivity contribution in [2.75, 3.05) is 0 Å². The molecule has 1 aromatic heterocycles. The van der Waals surface area contributed by atoms with E-state index < -0.39 is 11.8 Å². The summed E-state index contributed by atoms with van der Waals surface area (Å²) in [6, 6.07) is 14.8. The highest BCUT2D eigenvalue weighted by Gasteiger charge is 2.28. The van der Waals surface area contributed by atoms with Gasteiger partial charge < -0.3 is 19.9 Å². The molecule has 0 spiro atoms. The summed E-state index contributed by atoms with van der Waals surface area (Å²) in [5.74, 6) is -1.98. The van der Waals surface area contributed by atoms with Crippen LogP contribution >= 0.6 is 11.6 Å². The molecule has 1 heterocycles. The fourth-order valence-electron chi connectivity index (χ4n) is 4.15. The number of carbonyl (C=O) groups excluding carboxylic acids is 1. The van der Waals surface area contributed by atoms with E-state index in [0.29, 0.717) is 12.2 Å². The van der Waals surface area contributed by atoms with Crippen molar-refractivity contribution in [1.29, 1.82) is 0 Å². The summed E-state index contributed by atoms with van der Waals surface area (Å²) >= 11 is 6.05. The second kappa shape index (κ2) is 12.0. The molecular weight excluding hydrogens is 489 g/mol. The molecule has 0 bridgehead atoms. The molecule has 36 heavy (non-hydrogen) atoms. The van der Waals surface area contributed by atoms with Gasteiger partial charge in [-0.25, -0.2) is 13.9 Å². The number of halogens is 2. The average Bonchev–Trinajstić information content (AvgIpc) is 3.26. The molecule has 4 rings (SSSR count). The minimum atomic E-state index is -1.25. The van der Waals surface area contributed by atoms with Gasteiger partial charge in [-0.3, -0.25) is 4.79 Å². The van der Waals surface area contributed by atoms with Crippen LogP contribution in [0.2, 0.25) is 5.02 Å². The summed E-state index contributed by atoms with van der Waals surface area (Å²) in [4.78, 5) is 24.4. The van der Waals surface area contributed by atoms with E-state index in [-0.39, 0.29) is 47.8 Å². The van der Waals surface area contributed by atoms with Gasteiger partial charge >= 0.3 is 5.97 Å². The predicted octanol–water partition coefficient (Wildman–Crippen LogP) is 4.60. The van der Waals surface area contributed by atoms with Crippen LogP contribution in [0, 0.1) is 5.82 Å². The predicted molar refractivity (Wildman–Crippen MR) is 130 cm³/mol. The van der Waals surface area contributed by atoms with E-state index in [1.807, 2.05) is 30.3 Å². The molecule has 2 aromatic carbocycles. The van der Waals surface area contributed by atoms with Gasteiger partial charge in [-0.05, 0) is 30.5 Å². The molecule has 1 amide bonds. The van der Waals surface area contributed by atoms with Crippen LogP contribution in [-0.4, -0.2) is 38.9 Å². The maximum absolute atomic E-state index is 13.3. The van der Waals surface area contributed by atoms with E-state index in [0.717, 1.165) is 37.3 Å². The van der Waals surface area contributed by atoms with E-state index in [1.165, 1.54) is 22.9 Å². The second-order valence-electron chi connectivity index (χ2n) is 8.65. The van der Waals surface area contributed by atoms with Gasteiger partial charge in [-0.1, -0.05) is 60.8 Å². The van der Waals surface area contributed by atoms with E-state index in [9.17, 15) is 19.1 Å². The number of rotatable bonds is 10. The second-order valence-corrected chi connectivity index (χ2v) is 9.06. The Bertz CT molecular complexity index is 1200. The summed E-state index contributed by atoms with van der Waals surface area (Å²) in [5.41, 5.74) is 1.31. The number of carbonyl (C=O) groups is 2. The summed E-state index contributed by atoms with van der Waals surface area (Å²) < 4.78 is 26.3. The fourth-order valence-corrected chi connectivity index (χ4v) is 4.37. The molecule has 8 nitrogen and oxygen atoms in total. The smallest absolute Gasteiger partial charge is 0.356 e. The minimum absolute atomic E-state index is 0.0521. The number of aromatic carboxylic acids is 1. The Morgan fingerprint density at radius 3 is 2.64 bits per heavy atom. The van der Waals surface area contributed by atoms with E-state index in [2.05, 4.69) is 10.4 Å². The molecule has 3 aromatic rings. The minimum Gasteiger partial charge on any atom is -0.476 e. The van der Waals surface area contributed by atoms with Crippen LogP contribution < -0.4 is 10.1 Å². The van der Waals surface area contributed by atoms with Gasteiger partial charge in [-0.2, -0.15) is 5.10 Å². The number of nitrogens with zero attached hydrogens (tertiary/aromatic N) is 2. The van der Waals surface area contributed by atoms with E-state index >= 15 is 0 Å². The average molecular weight is 516 g/mol. The van der Waals surface area contributed by atoms with Gasteiger partial charge in [0.1, 0.15) is 19.0 Å². The first-order chi connectivity index (χ1) is 17.4. The number of aromatic nitrogens is 2. The first-order valence-electron chi connectivity index (χ1n) is 11.7. The Hall–Kier alpha value is -3.43. The van der Waals surface area contributed by atoms with Crippen LogP contribution in [0.1, 0.15) is 47.3 Å². The molecule has 0 aliphatic heterocycles. The van der Waals surface area contributed by atoms with Crippen molar-refractivity contribution in [3.05, 3.63) is 82.3 Å². The molecule has 190 valence electrons. The van der Waals surface area contributed by atoms with Crippen molar-refractivity contribution in [3.8, 4) is 5.88 Å². The lowest BCUT2D eigenvalue weighted by Gasteiger charge is -2.32. The molecule has 2 N–H and O–H groups in total. The normalized spacial score (nSPS) is 17.5. The number of ether oxygens (including phenoxy) is 2. The van der Waals surface area contributed by atoms with Gasteiger partial charge in [0.05, 0.1) is 23.8 Å². The topological polar surface area (TPSA) is 103 Å². The Morgan fingerprint density at radius 2 is 1.89 bits per heavy atom. The number of hydrogen-bond acceptors (Lipinski definition) is 5. The number of carboxylic acids is 1. The first kappa shape index (κ1) is 25.7. The quantitative estimate of drug-likeness (QED) is 0.409. The van der Waals surface area contributed by atoms with Gasteiger partial charge in [0.25, 0.3) is 0 Å². The maximum Gasteiger partial charge on any atom is 0.356 e. The van der Waals surface area contributed by atoms with Gasteiger partial charge in [0, 0.05) is 11.6 Å². The van der Waals surface area contributed by atoms with Crippen LogP contribution in [0.15, 0.2) is 54.6 Å². The largest absolute Gasteiger partial charge is 0.476 e. The first-order valence-corrected chi connectivity index (χ1v) is 12.1. The monoisotopic (exact) mass is 515 g/mol. The molecule has 10 heteroatoms. The lowest BCUT2D eigenvalue weighted by atomic mass is 9.92. The number of carboxylic acid groups (broad SMARTS) is 1. The Balaban J connectivity index is 1.40. The summed E-state index contributed by atoms with van der Waals surface area (Å²) in [6.07, 6.45) is 3.52. The summed E-state index contributed by atoms with van der Waals surface area (Å²) in [6.45, 7) is 0.175. The number of hydrogen-bond donors (Lipinski definition) is 2. The Kier molecular flexibility index (Phi) is 8.56. The molecule has 1 saturated carbocycles. The zero-order chi connectivity index (χ0) is 25.5. The third-order valence-corrected chi connectivity index (χ3v) is 6.35. The zero-order valence-electron chi connectivity index (χ0n) is 19.5. The Labute approximate surface area is 213 Å². The molecule has 0 saturated heterocycles. The third-order valence-electron chi connectivity index (χ3n) is 6.00. The SMILES string of the molecule is O=C(Cn1nc(C(=O)O)cc1OCc1ccc(F)cc1Cl)N[C@H]1CCCC[C@@H]1OCc1ccccc1. The number of benzene rings is 2. The zero-order valence-corrected chi connectivity index (χ0v) is 20.3. The standard InChI is InChI=1S/C26H27ClFN3O5/c27-20-12-19(28)11-10-18(20)16-36-25-13-22(26(33)34)30-31(25)14-24(32)29-21-8-4-5-9-23(21)35-15-17-6-2-1-3-7-17/h1-3,6-7,10-13,21,23H,4-5,8-9,14-16H2,(H,29,32)(H,33,34)/t21-,23-/m0/s1. The van der Waals surface area contributed by atoms with Crippen LogP contribution in [0.25, 0.3) is 0 Å². The van der Waals surface area contributed by atoms with Crippen molar-refractivity contribution in [2.24, 2.45) is 0 Å². The number of nitrogens with one attached hydrogen (secondary N) is 1. The molecule has 1 aliphatic rings. The summed E-state index contributed by atoms with van der Waals surface area (Å²) in [5, 5.41) is 16.5. The van der Waals surface area contributed by atoms with Crippen LogP contribution in [0.3, 0.4) is 0 Å². The Morgan fingerprint density at radius 1 is 1.11 bits per heavy atom. The highest BCUT2D eigenvalue weighted by Crippen LogP contribution is 2.24. The molecular formula is C26H27ClFN3O5. The van der Waals surface area contributed by atoms with Crippen molar-refractivity contribution in [2.45, 2.75) is 57.6 Å². The maximum atomic E-state index is 13.3. The lowest BCUT2D eigenvalue weighted by molar-refractivity contribution is -0.124. The van der Waals surface area contributed by atoms with Crippen molar-refractivity contribution >= 4 is 23.5 Å². The molecule has 0 unspecified atom stereocenters. The van der Waals surface area contributed by atoms with Crippen LogP contribution in [-0.2, 0) is 29.3 Å². The van der Waals surface area contributed by atoms with Gasteiger partial charge in [-0.15, -0.1) is 0 Å². The number of amides is 1. The van der Waals surface area contributed by atoms with E-state index in [4.69, 9.17) is 21.1 Å². The van der Waals surface area contributed by atoms with Crippen molar-refractivity contribution in [1.82, 2.24) is 15.1 Å². The fraction of sp³-hybridized carbons (Fsp3) is 0.346. The lowest BCUT2D eigenvalue weighted by Crippen LogP contribution is -2.47. The van der Waals surface area contributed by atoms with Gasteiger partial charge in [0.15, 0.2) is 5.69 Å². The van der Waals surface area contributed by atoms with Crippen molar-refractivity contribution < 1.29 is 28.6 Å². The van der Waals surface area contributed by atoms with Crippen LogP contribution in [0.4, 0.5) is 4.39 Å². The molecule has 2 atom stereocenters. The third kappa shape index (κ3) is 6.83. The molecule has 0 radical (unpaired) electrons. The molecule has 1 fully saturated rings. The van der Waals surface area contributed by atoms with Crippen LogP contribution in [0.5, 0.6) is 5.88 Å². The molecule has 1 aliphatic carbocycles. The van der Waals surface area contributed by atoms with Crippen molar-refractivity contribution in [3.63, 3.8) is 0 Å². The highest BCUT2D eigenvalue weighted by molar-refractivity contribution is 6.31. The van der Waals surface area contributed by atoms with E-state index in [1.54, 1.807) is 0 Å². The summed E-state index contributed by atoms with van der Waals surface area (Å²) in [7, 11) is 0. The van der Waals surface area contributed by atoms with Gasteiger partial charge in [0.2, 0.25) is 11.8 Å².